The maximum Gasteiger partial charge on any atom is 0.215 e. The maximum absolute atomic E-state index is 10.9. The van der Waals surface area contributed by atoms with Gasteiger partial charge < -0.3 is 20.3 Å². The molecule has 0 bridgehead atoms. The number of carbonyl (C=O) groups is 1. The number of hydrogen-bond acceptors (Lipinski definition) is 8. The van der Waals surface area contributed by atoms with Gasteiger partial charge in [0.2, 0.25) is 6.41 Å². The Morgan fingerprint density at radius 3 is 2.45 bits per heavy atom. The van der Waals surface area contributed by atoms with Crippen LogP contribution in [-0.4, -0.2) is 73.3 Å². The topological polar surface area (TPSA) is 100 Å². The van der Waals surface area contributed by atoms with Gasteiger partial charge in [-0.25, -0.2) is 4.98 Å². The third-order valence-corrected chi connectivity index (χ3v) is 5.54. The molecule has 0 unspecified atom stereocenters. The number of carbonyl (C=O) groups excluding carboxylic acids is 1. The highest BCUT2D eigenvalue weighted by molar-refractivity contribution is 5.82. The van der Waals surface area contributed by atoms with Crippen LogP contribution in [0.2, 0.25) is 0 Å². The van der Waals surface area contributed by atoms with Crippen LogP contribution >= 0.6 is 0 Å². The molecule has 33 heavy (non-hydrogen) atoms. The molecule has 5 rings (SSSR count). The van der Waals surface area contributed by atoms with Crippen molar-refractivity contribution in [3.8, 4) is 5.75 Å². The summed E-state index contributed by atoms with van der Waals surface area (Å²) in [6, 6.07) is 5.85. The van der Waals surface area contributed by atoms with Crippen molar-refractivity contribution in [1.29, 1.82) is 0 Å². The predicted octanol–water partition coefficient (Wildman–Crippen LogP) is 2.05. The average molecular weight is 455 g/mol. The van der Waals surface area contributed by atoms with E-state index < -0.39 is 0 Å². The van der Waals surface area contributed by atoms with Crippen LogP contribution in [0.3, 0.4) is 0 Å². The van der Waals surface area contributed by atoms with Crippen molar-refractivity contribution in [1.82, 2.24) is 25.3 Å². The molecular weight excluding hydrogens is 420 g/mol. The molecule has 1 aromatic carbocycles. The van der Waals surface area contributed by atoms with Gasteiger partial charge in [-0.1, -0.05) is 13.8 Å². The van der Waals surface area contributed by atoms with Crippen molar-refractivity contribution < 1.29 is 9.53 Å². The third kappa shape index (κ3) is 5.33. The lowest BCUT2D eigenvalue weighted by molar-refractivity contribution is -0.107. The van der Waals surface area contributed by atoms with Crippen LogP contribution in [0.1, 0.15) is 19.4 Å². The summed E-state index contributed by atoms with van der Waals surface area (Å²) >= 11 is 0. The minimum Gasteiger partial charge on any atom is -0.495 e. The summed E-state index contributed by atoms with van der Waals surface area (Å²) in [5, 5.41) is 14.8. The van der Waals surface area contributed by atoms with E-state index in [2.05, 4.69) is 36.8 Å². The number of nitrogens with one attached hydrogen (secondary N) is 2. The van der Waals surface area contributed by atoms with Gasteiger partial charge in [-0.3, -0.25) is 9.69 Å². The summed E-state index contributed by atoms with van der Waals surface area (Å²) in [5.41, 5.74) is 5.09. The van der Waals surface area contributed by atoms with E-state index in [-0.39, 0.29) is 0 Å². The van der Waals surface area contributed by atoms with Crippen molar-refractivity contribution >= 4 is 34.6 Å². The zero-order valence-corrected chi connectivity index (χ0v) is 20.1. The maximum atomic E-state index is 10.9. The zero-order valence-electron chi connectivity index (χ0n) is 20.1. The fraction of sp³-hybridized carbons (Fsp3) is 0.478. The number of benzene rings is 1. The molecule has 2 aliphatic rings. The number of methoxy groups -OCH3 is 1. The van der Waals surface area contributed by atoms with Crippen LogP contribution < -0.4 is 25.2 Å². The Hall–Kier alpha value is -3.40. The van der Waals surface area contributed by atoms with Crippen LogP contribution in [-0.2, 0) is 18.3 Å². The summed E-state index contributed by atoms with van der Waals surface area (Å²) in [4.78, 5) is 20.9. The Balaban J connectivity index is 0.000000176. The highest BCUT2D eigenvalue weighted by Gasteiger charge is 2.25. The van der Waals surface area contributed by atoms with Gasteiger partial charge in [0.15, 0.2) is 0 Å². The first-order chi connectivity index (χ1) is 16.1. The van der Waals surface area contributed by atoms with Crippen LogP contribution in [0.25, 0.3) is 11.0 Å². The molecule has 0 atom stereocenters. The van der Waals surface area contributed by atoms with Crippen molar-refractivity contribution in [2.24, 2.45) is 7.05 Å². The first-order valence-electron chi connectivity index (χ1n) is 11.4. The van der Waals surface area contributed by atoms with E-state index in [4.69, 9.17) is 4.74 Å². The number of hydrogen-bond donors (Lipinski definition) is 2. The number of anilines is 3. The van der Waals surface area contributed by atoms with E-state index in [1.807, 2.05) is 33.0 Å². The van der Waals surface area contributed by atoms with E-state index in [1.54, 1.807) is 30.1 Å². The van der Waals surface area contributed by atoms with Gasteiger partial charge in [-0.2, -0.15) is 15.0 Å². The molecule has 178 valence electrons. The molecule has 0 spiro atoms. The number of amides is 1. The molecule has 3 aromatic rings. The summed E-state index contributed by atoms with van der Waals surface area (Å²) in [5.74, 6) is 1.62. The molecule has 0 aliphatic carbocycles. The molecule has 2 aliphatic heterocycles. The smallest absolute Gasteiger partial charge is 0.215 e. The fourth-order valence-electron chi connectivity index (χ4n) is 4.02. The molecule has 1 saturated heterocycles. The number of pyridine rings is 1. The number of aryl methyl sites for hydroxylation is 1. The molecule has 4 heterocycles. The molecule has 10 heteroatoms. The Labute approximate surface area is 194 Å². The number of aromatic nitrogens is 4. The molecule has 0 saturated carbocycles. The van der Waals surface area contributed by atoms with Crippen LogP contribution in [0.5, 0.6) is 5.75 Å². The minimum atomic E-state index is 0.759. The first-order valence-corrected chi connectivity index (χ1v) is 11.4. The summed E-state index contributed by atoms with van der Waals surface area (Å²) in [6.07, 6.45) is 3.60. The minimum absolute atomic E-state index is 0.759. The quantitative estimate of drug-likeness (QED) is 0.578. The normalized spacial score (nSPS) is 14.6. The second kappa shape index (κ2) is 11.5. The largest absolute Gasteiger partial charge is 0.495 e. The number of ether oxygens (including phenoxy) is 1. The third-order valence-electron chi connectivity index (χ3n) is 5.54. The van der Waals surface area contributed by atoms with Gasteiger partial charge in [0, 0.05) is 70.3 Å². The molecule has 1 amide bonds. The van der Waals surface area contributed by atoms with Gasteiger partial charge in [-0.15, -0.1) is 0 Å². The van der Waals surface area contributed by atoms with Crippen LogP contribution in [0, 0.1) is 0 Å². The van der Waals surface area contributed by atoms with Crippen molar-refractivity contribution in [3.63, 3.8) is 0 Å². The van der Waals surface area contributed by atoms with Crippen molar-refractivity contribution in [2.45, 2.75) is 20.3 Å². The zero-order chi connectivity index (χ0) is 23.8. The SMILES string of the molecule is CC.CNc1cc2nn(C)nc2cc1OC.O=CN1CCc2c(N3CCNCC3)ccnc21. The van der Waals surface area contributed by atoms with Gasteiger partial charge in [0.05, 0.1) is 12.8 Å². The molecule has 10 nitrogen and oxygen atoms in total. The van der Waals surface area contributed by atoms with Gasteiger partial charge in [-0.05, 0) is 18.6 Å². The second-order valence-corrected chi connectivity index (χ2v) is 7.40. The number of rotatable bonds is 4. The Kier molecular flexibility index (Phi) is 8.42. The van der Waals surface area contributed by atoms with Crippen molar-refractivity contribution in [3.05, 3.63) is 30.0 Å². The summed E-state index contributed by atoms with van der Waals surface area (Å²) in [7, 11) is 5.28. The first kappa shape index (κ1) is 24.2. The lowest BCUT2D eigenvalue weighted by Crippen LogP contribution is -2.43. The number of fused-ring (bicyclic) bond motifs is 2. The average Bonchev–Trinajstić information content (AvgIpc) is 3.46. The van der Waals surface area contributed by atoms with Gasteiger partial charge in [0.25, 0.3) is 0 Å². The Morgan fingerprint density at radius 2 is 1.82 bits per heavy atom. The van der Waals surface area contributed by atoms with Crippen molar-refractivity contribution in [2.75, 3.05) is 62.0 Å². The van der Waals surface area contributed by atoms with E-state index in [9.17, 15) is 4.79 Å². The molecule has 2 aromatic heterocycles. The highest BCUT2D eigenvalue weighted by atomic mass is 16.5. The highest BCUT2D eigenvalue weighted by Crippen LogP contribution is 2.33. The Bertz CT molecular complexity index is 1020. The number of piperazine rings is 1. The summed E-state index contributed by atoms with van der Waals surface area (Å²) in [6.45, 7) is 8.85. The lowest BCUT2D eigenvalue weighted by Gasteiger charge is -2.30. The van der Waals surface area contributed by atoms with E-state index in [0.29, 0.717) is 0 Å². The van der Waals surface area contributed by atoms with Crippen LogP contribution in [0.15, 0.2) is 24.4 Å². The van der Waals surface area contributed by atoms with Gasteiger partial charge in [0.1, 0.15) is 22.6 Å². The van der Waals surface area contributed by atoms with Gasteiger partial charge >= 0.3 is 0 Å². The van der Waals surface area contributed by atoms with E-state index >= 15 is 0 Å². The van der Waals surface area contributed by atoms with Crippen LogP contribution in [0.4, 0.5) is 17.2 Å². The molecule has 0 radical (unpaired) electrons. The standard InChI is InChI=1S/C12H16N4O.C9H12N4O.C2H6/c17-9-16-6-2-10-11(1-3-14-12(10)16)15-7-4-13-5-8-15;1-10-8-4-6-7(5-9(8)14-3)12-13(2)11-6;1-2/h1,3,9,13H,2,4-8H2;4-5,10H,1-3H3;1-2H3. The summed E-state index contributed by atoms with van der Waals surface area (Å²) < 4.78 is 5.21. The Morgan fingerprint density at radius 1 is 1.12 bits per heavy atom. The molecular formula is C23H34N8O2. The molecule has 1 fully saturated rings. The molecule has 2 N–H and O–H groups in total. The lowest BCUT2D eigenvalue weighted by atomic mass is 10.1. The fourth-order valence-corrected chi connectivity index (χ4v) is 4.02. The monoisotopic (exact) mass is 454 g/mol. The second-order valence-electron chi connectivity index (χ2n) is 7.40. The van der Waals surface area contributed by atoms with E-state index in [0.717, 1.165) is 73.8 Å². The predicted molar refractivity (Wildman–Crippen MR) is 132 cm³/mol. The van der Waals surface area contributed by atoms with E-state index in [1.165, 1.54) is 11.3 Å². The number of nitrogens with zero attached hydrogens (tertiary/aromatic N) is 6.